The average molecular weight is 236 g/mol. The van der Waals surface area contributed by atoms with Gasteiger partial charge in [-0.1, -0.05) is 26.2 Å². The predicted molar refractivity (Wildman–Crippen MR) is 68.5 cm³/mol. The standard InChI is InChI=1S/C12H20N4O/c1-2-3-4-5-7-15-12(17)10-9-14-8-6-11(10)16-13/h6,8-9H,2-5,7,13H2,1H3,(H,14,16)(H,15,17). The zero-order valence-corrected chi connectivity index (χ0v) is 10.2. The lowest BCUT2D eigenvalue weighted by Gasteiger charge is -2.08. The van der Waals surface area contributed by atoms with Crippen LogP contribution in [0, 0.1) is 0 Å². The van der Waals surface area contributed by atoms with E-state index in [0.29, 0.717) is 17.8 Å². The van der Waals surface area contributed by atoms with Gasteiger partial charge in [-0.25, -0.2) is 0 Å². The first-order chi connectivity index (χ1) is 8.29. The normalized spacial score (nSPS) is 10.0. The third kappa shape index (κ3) is 4.40. The van der Waals surface area contributed by atoms with Gasteiger partial charge in [0.1, 0.15) is 0 Å². The molecule has 0 aromatic carbocycles. The number of pyridine rings is 1. The molecule has 1 rings (SSSR count). The Hall–Kier alpha value is -1.62. The third-order valence-corrected chi connectivity index (χ3v) is 2.54. The van der Waals surface area contributed by atoms with Crippen molar-refractivity contribution in [2.45, 2.75) is 32.6 Å². The summed E-state index contributed by atoms with van der Waals surface area (Å²) in [4.78, 5) is 15.7. The highest BCUT2D eigenvalue weighted by Crippen LogP contribution is 2.11. The Balaban J connectivity index is 2.41. The number of carbonyl (C=O) groups excluding carboxylic acids is 1. The predicted octanol–water partition coefficient (Wildman–Crippen LogP) is 1.68. The van der Waals surface area contributed by atoms with Crippen molar-refractivity contribution in [1.82, 2.24) is 10.3 Å². The maximum absolute atomic E-state index is 11.8. The van der Waals surface area contributed by atoms with Crippen molar-refractivity contribution in [3.05, 3.63) is 24.0 Å². The number of rotatable bonds is 7. The minimum Gasteiger partial charge on any atom is -0.352 e. The number of carbonyl (C=O) groups is 1. The van der Waals surface area contributed by atoms with Gasteiger partial charge in [0.2, 0.25) is 0 Å². The van der Waals surface area contributed by atoms with Gasteiger partial charge in [0.25, 0.3) is 5.91 Å². The Morgan fingerprint density at radius 3 is 2.94 bits per heavy atom. The molecule has 4 N–H and O–H groups in total. The lowest BCUT2D eigenvalue weighted by atomic mass is 10.2. The molecule has 17 heavy (non-hydrogen) atoms. The molecule has 0 fully saturated rings. The van der Waals surface area contributed by atoms with E-state index in [4.69, 9.17) is 5.84 Å². The van der Waals surface area contributed by atoms with E-state index in [0.717, 1.165) is 12.8 Å². The molecule has 0 unspecified atom stereocenters. The van der Waals surface area contributed by atoms with E-state index in [9.17, 15) is 4.79 Å². The van der Waals surface area contributed by atoms with E-state index >= 15 is 0 Å². The van der Waals surface area contributed by atoms with Gasteiger partial charge in [-0.2, -0.15) is 0 Å². The molecule has 94 valence electrons. The lowest BCUT2D eigenvalue weighted by molar-refractivity contribution is 0.0953. The topological polar surface area (TPSA) is 80.0 Å². The number of nitrogen functional groups attached to an aromatic ring is 1. The third-order valence-electron chi connectivity index (χ3n) is 2.54. The number of aromatic nitrogens is 1. The van der Waals surface area contributed by atoms with Crippen LogP contribution in [0.15, 0.2) is 18.5 Å². The molecular weight excluding hydrogens is 216 g/mol. The summed E-state index contributed by atoms with van der Waals surface area (Å²) < 4.78 is 0. The van der Waals surface area contributed by atoms with Gasteiger partial charge in [0, 0.05) is 18.9 Å². The summed E-state index contributed by atoms with van der Waals surface area (Å²) in [5, 5.41) is 2.86. The summed E-state index contributed by atoms with van der Waals surface area (Å²) in [6.07, 6.45) is 7.65. The van der Waals surface area contributed by atoms with Gasteiger partial charge in [-0.3, -0.25) is 15.6 Å². The zero-order valence-electron chi connectivity index (χ0n) is 10.2. The van der Waals surface area contributed by atoms with Gasteiger partial charge in [0.15, 0.2) is 0 Å². The Bertz CT molecular complexity index is 354. The molecule has 0 saturated carbocycles. The molecule has 1 aromatic rings. The lowest BCUT2D eigenvalue weighted by Crippen LogP contribution is -2.26. The quantitative estimate of drug-likeness (QED) is 0.382. The van der Waals surface area contributed by atoms with Crippen LogP contribution in [0.25, 0.3) is 0 Å². The number of nitrogens with one attached hydrogen (secondary N) is 2. The highest BCUT2D eigenvalue weighted by atomic mass is 16.1. The van der Waals surface area contributed by atoms with Gasteiger partial charge < -0.3 is 10.7 Å². The number of hydrogen-bond acceptors (Lipinski definition) is 4. The molecule has 0 spiro atoms. The first kappa shape index (κ1) is 13.4. The molecule has 1 aromatic heterocycles. The second-order valence-corrected chi connectivity index (χ2v) is 3.88. The number of hydrazine groups is 1. The Morgan fingerprint density at radius 1 is 1.41 bits per heavy atom. The van der Waals surface area contributed by atoms with Gasteiger partial charge in [-0.05, 0) is 12.5 Å². The van der Waals surface area contributed by atoms with Crippen molar-refractivity contribution in [1.29, 1.82) is 0 Å². The fourth-order valence-electron chi connectivity index (χ4n) is 1.55. The fraction of sp³-hybridized carbons (Fsp3) is 0.500. The van der Waals surface area contributed by atoms with Crippen LogP contribution in [0.1, 0.15) is 43.0 Å². The molecule has 0 saturated heterocycles. The number of nitrogens with zero attached hydrogens (tertiary/aromatic N) is 1. The first-order valence-corrected chi connectivity index (χ1v) is 5.98. The molecule has 0 radical (unpaired) electrons. The molecule has 5 nitrogen and oxygen atoms in total. The Labute approximate surface area is 102 Å². The fourth-order valence-corrected chi connectivity index (χ4v) is 1.55. The summed E-state index contributed by atoms with van der Waals surface area (Å²) in [6.45, 7) is 2.85. The summed E-state index contributed by atoms with van der Waals surface area (Å²) in [5.41, 5.74) is 3.55. The smallest absolute Gasteiger partial charge is 0.255 e. The van der Waals surface area contributed by atoms with Gasteiger partial charge in [0.05, 0.1) is 11.3 Å². The van der Waals surface area contributed by atoms with Crippen LogP contribution in [0.2, 0.25) is 0 Å². The van der Waals surface area contributed by atoms with Crippen molar-refractivity contribution >= 4 is 11.6 Å². The van der Waals surface area contributed by atoms with Crippen LogP contribution in [-0.2, 0) is 0 Å². The van der Waals surface area contributed by atoms with E-state index < -0.39 is 0 Å². The molecule has 0 aliphatic rings. The molecule has 0 atom stereocenters. The minimum atomic E-state index is -0.137. The SMILES string of the molecule is CCCCCCNC(=O)c1cnccc1NN. The van der Waals surface area contributed by atoms with Crippen LogP contribution in [0.3, 0.4) is 0 Å². The highest BCUT2D eigenvalue weighted by Gasteiger charge is 2.09. The summed E-state index contributed by atoms with van der Waals surface area (Å²) in [6, 6.07) is 1.67. The van der Waals surface area contributed by atoms with Crippen molar-refractivity contribution < 1.29 is 4.79 Å². The van der Waals surface area contributed by atoms with Crippen LogP contribution in [0.5, 0.6) is 0 Å². The average Bonchev–Trinajstić information content (AvgIpc) is 2.38. The molecule has 1 amide bonds. The van der Waals surface area contributed by atoms with Crippen molar-refractivity contribution in [3.8, 4) is 0 Å². The summed E-state index contributed by atoms with van der Waals surface area (Å²) in [7, 11) is 0. The molecule has 5 heteroatoms. The number of hydrogen-bond donors (Lipinski definition) is 3. The monoisotopic (exact) mass is 236 g/mol. The zero-order chi connectivity index (χ0) is 12.5. The Morgan fingerprint density at radius 2 is 2.24 bits per heavy atom. The van der Waals surface area contributed by atoms with Crippen molar-refractivity contribution in [2.24, 2.45) is 5.84 Å². The van der Waals surface area contributed by atoms with Crippen molar-refractivity contribution in [2.75, 3.05) is 12.0 Å². The molecular formula is C12H20N4O. The summed E-state index contributed by atoms with van der Waals surface area (Å²) in [5.74, 6) is 5.19. The van der Waals surface area contributed by atoms with E-state index in [1.54, 1.807) is 12.3 Å². The van der Waals surface area contributed by atoms with E-state index in [-0.39, 0.29) is 5.91 Å². The van der Waals surface area contributed by atoms with Gasteiger partial charge in [-0.15, -0.1) is 0 Å². The number of anilines is 1. The number of unbranched alkanes of at least 4 members (excludes halogenated alkanes) is 3. The van der Waals surface area contributed by atoms with Crippen LogP contribution in [0.4, 0.5) is 5.69 Å². The van der Waals surface area contributed by atoms with E-state index in [1.807, 2.05) is 0 Å². The molecule has 0 aliphatic heterocycles. The highest BCUT2D eigenvalue weighted by molar-refractivity contribution is 5.99. The first-order valence-electron chi connectivity index (χ1n) is 5.98. The minimum absolute atomic E-state index is 0.137. The van der Waals surface area contributed by atoms with Crippen molar-refractivity contribution in [3.63, 3.8) is 0 Å². The second kappa shape index (κ2) is 7.62. The second-order valence-electron chi connectivity index (χ2n) is 3.88. The van der Waals surface area contributed by atoms with E-state index in [2.05, 4.69) is 22.7 Å². The maximum Gasteiger partial charge on any atom is 0.255 e. The largest absolute Gasteiger partial charge is 0.352 e. The molecule has 0 bridgehead atoms. The summed E-state index contributed by atoms with van der Waals surface area (Å²) >= 11 is 0. The number of amides is 1. The Kier molecular flexibility index (Phi) is 6.03. The van der Waals surface area contributed by atoms with E-state index in [1.165, 1.54) is 19.0 Å². The molecule has 1 heterocycles. The van der Waals surface area contributed by atoms with Gasteiger partial charge >= 0.3 is 0 Å². The van der Waals surface area contributed by atoms with Crippen LogP contribution in [-0.4, -0.2) is 17.4 Å². The number of nitrogens with two attached hydrogens (primary N) is 1. The van der Waals surface area contributed by atoms with Crippen LogP contribution < -0.4 is 16.6 Å². The molecule has 0 aliphatic carbocycles. The maximum atomic E-state index is 11.8. The van der Waals surface area contributed by atoms with Crippen LogP contribution >= 0.6 is 0 Å².